The van der Waals surface area contributed by atoms with Crippen LogP contribution in [0.3, 0.4) is 0 Å². The number of nitrogens with zero attached hydrogens (tertiary/aromatic N) is 1. The molecule has 1 heterocycles. The molecule has 0 radical (unpaired) electrons. The number of rotatable bonds is 2. The van der Waals surface area contributed by atoms with E-state index in [9.17, 15) is 22.8 Å². The Kier molecular flexibility index (Phi) is 5.03. The molecule has 0 saturated carbocycles. The van der Waals surface area contributed by atoms with Crippen LogP contribution in [0.25, 0.3) is 0 Å². The Morgan fingerprint density at radius 2 is 1.75 bits per heavy atom. The zero-order chi connectivity index (χ0) is 18.1. The highest BCUT2D eigenvalue weighted by Crippen LogP contribution is 2.47. The standard InChI is InChI=1S/C15H18F3N3O2S/c1-14(2,3)20-13(23)19-10-11(22)21(15(16,17)18)12(24-10)9-7-5-4-6-8-9/h4-8,10,12H,1-3H3,(H2,19,20,23). The van der Waals surface area contributed by atoms with Crippen molar-refractivity contribution in [2.24, 2.45) is 0 Å². The number of carbonyl (C=O) groups excluding carboxylic acids is 2. The van der Waals surface area contributed by atoms with Crippen molar-refractivity contribution in [3.05, 3.63) is 35.9 Å². The van der Waals surface area contributed by atoms with E-state index in [0.717, 1.165) is 11.8 Å². The molecule has 0 aromatic heterocycles. The molecule has 1 aromatic carbocycles. The highest BCUT2D eigenvalue weighted by Gasteiger charge is 2.54. The van der Waals surface area contributed by atoms with Crippen molar-refractivity contribution in [3.63, 3.8) is 0 Å². The number of halogens is 3. The smallest absolute Gasteiger partial charge is 0.334 e. The van der Waals surface area contributed by atoms with Gasteiger partial charge >= 0.3 is 12.3 Å². The van der Waals surface area contributed by atoms with Crippen molar-refractivity contribution in [1.29, 1.82) is 0 Å². The monoisotopic (exact) mass is 361 g/mol. The molecule has 2 rings (SSSR count). The lowest BCUT2D eigenvalue weighted by Gasteiger charge is -2.25. The lowest BCUT2D eigenvalue weighted by molar-refractivity contribution is -0.242. The summed E-state index contributed by atoms with van der Waals surface area (Å²) in [6.45, 7) is 5.18. The first-order valence-electron chi connectivity index (χ1n) is 7.18. The minimum Gasteiger partial charge on any atom is -0.334 e. The minimum atomic E-state index is -4.83. The third-order valence-electron chi connectivity index (χ3n) is 3.07. The van der Waals surface area contributed by atoms with Gasteiger partial charge in [0.05, 0.1) is 0 Å². The molecule has 0 spiro atoms. The number of amides is 3. The zero-order valence-corrected chi connectivity index (χ0v) is 14.2. The molecule has 1 saturated heterocycles. The summed E-state index contributed by atoms with van der Waals surface area (Å²) in [6, 6.07) is 7.21. The van der Waals surface area contributed by atoms with Crippen LogP contribution in [0.2, 0.25) is 0 Å². The molecule has 2 unspecified atom stereocenters. The molecule has 2 N–H and O–H groups in total. The Morgan fingerprint density at radius 1 is 1.17 bits per heavy atom. The normalized spacial score (nSPS) is 21.8. The van der Waals surface area contributed by atoms with Gasteiger partial charge in [0.1, 0.15) is 5.37 Å². The van der Waals surface area contributed by atoms with Gasteiger partial charge in [-0.25, -0.2) is 9.69 Å². The van der Waals surface area contributed by atoms with E-state index in [-0.39, 0.29) is 4.90 Å². The molecule has 9 heteroatoms. The Morgan fingerprint density at radius 3 is 2.25 bits per heavy atom. The quantitative estimate of drug-likeness (QED) is 0.796. The molecule has 0 aliphatic carbocycles. The van der Waals surface area contributed by atoms with E-state index < -0.39 is 34.5 Å². The van der Waals surface area contributed by atoms with Crippen LogP contribution >= 0.6 is 11.8 Å². The van der Waals surface area contributed by atoms with Crippen LogP contribution in [0, 0.1) is 0 Å². The second-order valence-electron chi connectivity index (χ2n) is 6.30. The van der Waals surface area contributed by atoms with Gasteiger partial charge < -0.3 is 10.6 Å². The Labute approximate surface area is 142 Å². The molecule has 1 aliphatic rings. The SMILES string of the molecule is CC(C)(C)NC(=O)NC1SC(c2ccccc2)N(C(F)(F)F)C1=O. The van der Waals surface area contributed by atoms with E-state index in [2.05, 4.69) is 10.6 Å². The fraction of sp³-hybridized carbons (Fsp3) is 0.467. The summed E-state index contributed by atoms with van der Waals surface area (Å²) in [6.07, 6.45) is -4.83. The first-order valence-corrected chi connectivity index (χ1v) is 8.12. The molecule has 3 amide bonds. The summed E-state index contributed by atoms with van der Waals surface area (Å²) in [4.78, 5) is 23.9. The maximum Gasteiger partial charge on any atom is 0.488 e. The first-order chi connectivity index (χ1) is 11.0. The highest BCUT2D eigenvalue weighted by molar-refractivity contribution is 8.01. The van der Waals surface area contributed by atoms with Gasteiger partial charge in [-0.3, -0.25) is 4.79 Å². The fourth-order valence-corrected chi connectivity index (χ4v) is 3.51. The summed E-state index contributed by atoms with van der Waals surface area (Å²) < 4.78 is 39.9. The second kappa shape index (κ2) is 6.54. The molecule has 2 atom stereocenters. The number of hydrogen-bond acceptors (Lipinski definition) is 3. The summed E-state index contributed by atoms with van der Waals surface area (Å²) in [5, 5.41) is 2.32. The maximum absolute atomic E-state index is 13.3. The van der Waals surface area contributed by atoms with E-state index in [0.29, 0.717) is 5.56 Å². The van der Waals surface area contributed by atoms with E-state index >= 15 is 0 Å². The predicted octanol–water partition coefficient (Wildman–Crippen LogP) is 3.20. The average Bonchev–Trinajstić information content (AvgIpc) is 2.74. The highest BCUT2D eigenvalue weighted by atomic mass is 32.2. The molecule has 132 valence electrons. The van der Waals surface area contributed by atoms with Gasteiger partial charge in [0.15, 0.2) is 5.37 Å². The molecule has 1 aromatic rings. The van der Waals surface area contributed by atoms with Crippen LogP contribution in [0.1, 0.15) is 31.7 Å². The lowest BCUT2D eigenvalue weighted by atomic mass is 10.1. The Bertz CT molecular complexity index is 617. The fourth-order valence-electron chi connectivity index (χ4n) is 2.18. The van der Waals surface area contributed by atoms with Gasteiger partial charge in [0.2, 0.25) is 0 Å². The molecule has 0 bridgehead atoms. The second-order valence-corrected chi connectivity index (χ2v) is 7.49. The molecular weight excluding hydrogens is 343 g/mol. The van der Waals surface area contributed by atoms with Crippen molar-refractivity contribution in [3.8, 4) is 0 Å². The van der Waals surface area contributed by atoms with Crippen molar-refractivity contribution in [2.45, 2.75) is 43.4 Å². The lowest BCUT2D eigenvalue weighted by Crippen LogP contribution is -2.52. The van der Waals surface area contributed by atoms with Gasteiger partial charge in [-0.15, -0.1) is 13.2 Å². The van der Waals surface area contributed by atoms with E-state index in [1.165, 1.54) is 12.1 Å². The van der Waals surface area contributed by atoms with Crippen LogP contribution in [0.5, 0.6) is 0 Å². The maximum atomic E-state index is 13.3. The van der Waals surface area contributed by atoms with Crippen molar-refractivity contribution in [2.75, 3.05) is 0 Å². The summed E-state index contributed by atoms with van der Waals surface area (Å²) >= 11 is 0.746. The number of alkyl halides is 3. The van der Waals surface area contributed by atoms with Crippen molar-refractivity contribution in [1.82, 2.24) is 15.5 Å². The van der Waals surface area contributed by atoms with Crippen LogP contribution in [-0.2, 0) is 4.79 Å². The van der Waals surface area contributed by atoms with Gasteiger partial charge in [0.25, 0.3) is 5.91 Å². The molecule has 1 fully saturated rings. The number of thioether (sulfide) groups is 1. The van der Waals surface area contributed by atoms with E-state index in [1.807, 2.05) is 0 Å². The van der Waals surface area contributed by atoms with Crippen LogP contribution in [0.4, 0.5) is 18.0 Å². The van der Waals surface area contributed by atoms with Crippen molar-refractivity contribution < 1.29 is 22.8 Å². The number of benzene rings is 1. The predicted molar refractivity (Wildman–Crippen MR) is 84.9 cm³/mol. The third-order valence-corrected chi connectivity index (χ3v) is 4.40. The van der Waals surface area contributed by atoms with Gasteiger partial charge in [-0.2, -0.15) is 0 Å². The number of nitrogens with one attached hydrogen (secondary N) is 2. The minimum absolute atomic E-state index is 0.144. The van der Waals surface area contributed by atoms with Crippen molar-refractivity contribution >= 4 is 23.7 Å². The van der Waals surface area contributed by atoms with Gasteiger partial charge in [-0.1, -0.05) is 42.1 Å². The Balaban J connectivity index is 2.21. The third kappa shape index (κ3) is 4.34. The number of urea groups is 1. The zero-order valence-electron chi connectivity index (χ0n) is 13.3. The average molecular weight is 361 g/mol. The van der Waals surface area contributed by atoms with E-state index in [1.54, 1.807) is 39.0 Å². The largest absolute Gasteiger partial charge is 0.488 e. The number of hydrogen-bond donors (Lipinski definition) is 2. The molecule has 5 nitrogen and oxygen atoms in total. The van der Waals surface area contributed by atoms with Crippen LogP contribution < -0.4 is 10.6 Å². The summed E-state index contributed by atoms with van der Waals surface area (Å²) in [7, 11) is 0. The van der Waals surface area contributed by atoms with Crippen LogP contribution in [-0.4, -0.2) is 34.1 Å². The topological polar surface area (TPSA) is 61.4 Å². The van der Waals surface area contributed by atoms with Crippen LogP contribution in [0.15, 0.2) is 30.3 Å². The molecular formula is C15H18F3N3O2S. The van der Waals surface area contributed by atoms with E-state index in [4.69, 9.17) is 0 Å². The Hall–Kier alpha value is -1.90. The first kappa shape index (κ1) is 18.4. The summed E-state index contributed by atoms with van der Waals surface area (Å²) in [5.74, 6) is -1.19. The van der Waals surface area contributed by atoms with Gasteiger partial charge in [0, 0.05) is 5.54 Å². The number of carbonyl (C=O) groups is 2. The van der Waals surface area contributed by atoms with Gasteiger partial charge in [-0.05, 0) is 26.3 Å². The summed E-state index contributed by atoms with van der Waals surface area (Å²) in [5.41, 5.74) is -0.229. The molecule has 24 heavy (non-hydrogen) atoms. The molecule has 1 aliphatic heterocycles.